The Kier molecular flexibility index (Phi) is 13.1. The highest BCUT2D eigenvalue weighted by Crippen LogP contribution is 2.27. The minimum atomic E-state index is 0.0566. The summed E-state index contributed by atoms with van der Waals surface area (Å²) in [6.07, 6.45) is 22.9. The zero-order valence-electron chi connectivity index (χ0n) is 19.1. The Bertz CT molecular complexity index is 474. The van der Waals surface area contributed by atoms with Gasteiger partial charge in [-0.25, -0.2) is 4.99 Å². The summed E-state index contributed by atoms with van der Waals surface area (Å²) in [5.74, 6) is 0.0566. The zero-order valence-corrected chi connectivity index (χ0v) is 19.1. The molecule has 0 saturated heterocycles. The van der Waals surface area contributed by atoms with Gasteiger partial charge in [0.25, 0.3) is 0 Å². The minimum absolute atomic E-state index is 0.0566. The van der Waals surface area contributed by atoms with E-state index in [4.69, 9.17) is 4.99 Å². The van der Waals surface area contributed by atoms with Crippen LogP contribution in [0.1, 0.15) is 105 Å². The number of carbonyl (C=O) groups excluding carboxylic acids is 1. The van der Waals surface area contributed by atoms with E-state index >= 15 is 0 Å². The lowest BCUT2D eigenvalue weighted by Crippen LogP contribution is -2.63. The molecule has 0 aliphatic carbocycles. The van der Waals surface area contributed by atoms with E-state index in [1.807, 2.05) is 0 Å². The van der Waals surface area contributed by atoms with Crippen LogP contribution >= 0.6 is 0 Å². The van der Waals surface area contributed by atoms with Gasteiger partial charge in [0.1, 0.15) is 6.54 Å². The van der Waals surface area contributed by atoms with E-state index in [-0.39, 0.29) is 12.1 Å². The van der Waals surface area contributed by atoms with Crippen LogP contribution in [0.2, 0.25) is 0 Å². The van der Waals surface area contributed by atoms with Gasteiger partial charge < -0.3 is 5.32 Å². The molecule has 0 radical (unpaired) electrons. The van der Waals surface area contributed by atoms with E-state index in [1.165, 1.54) is 70.6 Å². The fourth-order valence-corrected chi connectivity index (χ4v) is 4.41. The van der Waals surface area contributed by atoms with E-state index in [0.717, 1.165) is 24.0 Å². The lowest BCUT2D eigenvalue weighted by Gasteiger charge is -2.42. The van der Waals surface area contributed by atoms with Gasteiger partial charge in [-0.05, 0) is 32.6 Å². The maximum absolute atomic E-state index is 11.5. The average molecular weight is 393 g/mol. The molecular weight excluding hydrogens is 346 g/mol. The highest BCUT2D eigenvalue weighted by atomic mass is 16.1. The lowest BCUT2D eigenvalue weighted by atomic mass is 10.0. The predicted molar refractivity (Wildman–Crippen MR) is 121 cm³/mol. The predicted octanol–water partition coefficient (Wildman–Crippen LogP) is 5.97. The number of carbonyl (C=O) groups is 1. The van der Waals surface area contributed by atoms with Crippen molar-refractivity contribution in [2.24, 2.45) is 4.99 Å². The summed E-state index contributed by atoms with van der Waals surface area (Å²) in [6.45, 7) is 10.1. The molecule has 0 saturated carbocycles. The van der Waals surface area contributed by atoms with E-state index in [2.05, 4.69) is 44.5 Å². The van der Waals surface area contributed by atoms with Crippen molar-refractivity contribution in [1.29, 1.82) is 0 Å². The minimum Gasteiger partial charge on any atom is -0.307 e. The molecular formula is C24H46N3O+. The molecule has 0 aromatic rings. The molecule has 0 spiro atoms. The molecule has 0 fully saturated rings. The second-order valence-corrected chi connectivity index (χ2v) is 8.46. The molecule has 3 unspecified atom stereocenters. The Labute approximate surface area is 174 Å². The summed E-state index contributed by atoms with van der Waals surface area (Å²) in [5, 5.41) is 3.10. The number of aliphatic imine (C=N–C) groups is 1. The number of nitrogens with one attached hydrogen (secondary N) is 1. The first-order valence-corrected chi connectivity index (χ1v) is 11.9. The van der Waals surface area contributed by atoms with Crippen LogP contribution in [0.15, 0.2) is 17.1 Å². The fraction of sp³-hybridized carbons (Fsp3) is 0.833. The van der Waals surface area contributed by atoms with Crippen molar-refractivity contribution in [3.63, 3.8) is 0 Å². The monoisotopic (exact) mass is 392 g/mol. The van der Waals surface area contributed by atoms with E-state index in [1.54, 1.807) is 6.92 Å². The Hall–Kier alpha value is -1.16. The molecule has 162 valence electrons. The Morgan fingerprint density at radius 2 is 1.68 bits per heavy atom. The third-order valence-electron chi connectivity index (χ3n) is 6.27. The van der Waals surface area contributed by atoms with Crippen LogP contribution < -0.4 is 5.32 Å². The SMILES string of the molecule is CCC/C=C/CCCCCCCCCCC1N=CC[N+]1(CC)C(C)NC(C)=O. The van der Waals surface area contributed by atoms with Gasteiger partial charge in [-0.1, -0.05) is 64.0 Å². The molecule has 0 aromatic heterocycles. The van der Waals surface area contributed by atoms with Gasteiger partial charge in [-0.2, -0.15) is 0 Å². The van der Waals surface area contributed by atoms with E-state index in [9.17, 15) is 4.79 Å². The van der Waals surface area contributed by atoms with Crippen LogP contribution in [0.3, 0.4) is 0 Å². The molecule has 1 heterocycles. The molecule has 4 nitrogen and oxygen atoms in total. The van der Waals surface area contributed by atoms with Crippen molar-refractivity contribution in [2.75, 3.05) is 13.1 Å². The third kappa shape index (κ3) is 8.89. The van der Waals surface area contributed by atoms with Crippen LogP contribution in [-0.4, -0.2) is 42.0 Å². The molecule has 3 atom stereocenters. The molecule has 1 aliphatic rings. The van der Waals surface area contributed by atoms with Crippen molar-refractivity contribution in [3.05, 3.63) is 12.2 Å². The van der Waals surface area contributed by atoms with Gasteiger partial charge in [0.2, 0.25) is 5.91 Å². The molecule has 28 heavy (non-hydrogen) atoms. The van der Waals surface area contributed by atoms with Gasteiger partial charge in [-0.3, -0.25) is 9.28 Å². The Morgan fingerprint density at radius 1 is 1.07 bits per heavy atom. The lowest BCUT2D eigenvalue weighted by molar-refractivity contribution is -0.959. The molecule has 1 rings (SSSR count). The first-order valence-electron chi connectivity index (χ1n) is 11.9. The number of allylic oxidation sites excluding steroid dienone is 2. The molecule has 1 aliphatic heterocycles. The summed E-state index contributed by atoms with van der Waals surface area (Å²) in [6, 6.07) is 0. The van der Waals surface area contributed by atoms with Crippen LogP contribution in [0, 0.1) is 0 Å². The van der Waals surface area contributed by atoms with E-state index in [0.29, 0.717) is 6.17 Å². The van der Waals surface area contributed by atoms with Crippen molar-refractivity contribution < 1.29 is 9.28 Å². The fourth-order valence-electron chi connectivity index (χ4n) is 4.41. The third-order valence-corrected chi connectivity index (χ3v) is 6.27. The van der Waals surface area contributed by atoms with Crippen molar-refractivity contribution in [1.82, 2.24) is 5.32 Å². The second-order valence-electron chi connectivity index (χ2n) is 8.46. The van der Waals surface area contributed by atoms with Crippen LogP contribution in [0.25, 0.3) is 0 Å². The number of amides is 1. The zero-order chi connectivity index (χ0) is 20.7. The summed E-state index contributed by atoms with van der Waals surface area (Å²) < 4.78 is 0.881. The van der Waals surface area contributed by atoms with Gasteiger partial charge in [-0.15, -0.1) is 0 Å². The van der Waals surface area contributed by atoms with Crippen LogP contribution in [0.5, 0.6) is 0 Å². The summed E-state index contributed by atoms with van der Waals surface area (Å²) >= 11 is 0. The molecule has 1 amide bonds. The number of hydrogen-bond donors (Lipinski definition) is 1. The Balaban J connectivity index is 2.11. The van der Waals surface area contributed by atoms with Crippen LogP contribution in [0.4, 0.5) is 0 Å². The van der Waals surface area contributed by atoms with Gasteiger partial charge >= 0.3 is 0 Å². The topological polar surface area (TPSA) is 41.5 Å². The second kappa shape index (κ2) is 14.8. The molecule has 1 N–H and O–H groups in total. The smallest absolute Gasteiger partial charge is 0.221 e. The highest BCUT2D eigenvalue weighted by molar-refractivity contribution is 5.73. The van der Waals surface area contributed by atoms with Gasteiger partial charge in [0.15, 0.2) is 12.3 Å². The summed E-state index contributed by atoms with van der Waals surface area (Å²) in [5.41, 5.74) is 0. The van der Waals surface area contributed by atoms with Crippen molar-refractivity contribution in [3.8, 4) is 0 Å². The first-order chi connectivity index (χ1) is 13.6. The highest BCUT2D eigenvalue weighted by Gasteiger charge is 2.42. The quantitative estimate of drug-likeness (QED) is 0.196. The number of hydrogen-bond acceptors (Lipinski definition) is 2. The van der Waals surface area contributed by atoms with Crippen molar-refractivity contribution in [2.45, 2.75) is 117 Å². The van der Waals surface area contributed by atoms with Gasteiger partial charge in [0, 0.05) is 20.3 Å². The number of quaternary nitrogens is 1. The van der Waals surface area contributed by atoms with E-state index < -0.39 is 0 Å². The maximum atomic E-state index is 11.5. The summed E-state index contributed by atoms with van der Waals surface area (Å²) in [7, 11) is 0. The maximum Gasteiger partial charge on any atom is 0.221 e. The molecule has 0 bridgehead atoms. The van der Waals surface area contributed by atoms with Crippen molar-refractivity contribution >= 4 is 12.1 Å². The number of nitrogens with zero attached hydrogens (tertiary/aromatic N) is 2. The van der Waals surface area contributed by atoms with Gasteiger partial charge in [0.05, 0.1) is 12.8 Å². The number of rotatable bonds is 16. The summed E-state index contributed by atoms with van der Waals surface area (Å²) in [4.78, 5) is 16.3. The molecule has 4 heteroatoms. The standard InChI is InChI=1S/C24H45N3O/c1-5-7-8-9-10-11-12-13-14-15-16-17-18-19-24-25-20-21-27(24,6-2)22(3)26-23(4)28/h8-9,20,22,24H,5-7,10-19,21H2,1-4H3/p+1/b9-8+. The normalized spacial score (nSPS) is 22.8. The van der Waals surface area contributed by atoms with Crippen LogP contribution in [-0.2, 0) is 4.79 Å². The largest absolute Gasteiger partial charge is 0.307 e. The first kappa shape index (κ1) is 24.9. The Morgan fingerprint density at radius 3 is 2.29 bits per heavy atom. The average Bonchev–Trinajstić information content (AvgIpc) is 3.09. The number of unbranched alkanes of at least 4 members (excludes halogenated alkanes) is 9. The molecule has 0 aromatic carbocycles.